The first-order valence-electron chi connectivity index (χ1n) is 11.2. The van der Waals surface area contributed by atoms with Crippen LogP contribution in [0, 0.1) is 11.8 Å². The molecule has 28 heavy (non-hydrogen) atoms. The van der Waals surface area contributed by atoms with Gasteiger partial charge >= 0.3 is 0 Å². The van der Waals surface area contributed by atoms with Gasteiger partial charge in [0, 0.05) is 18.6 Å². The van der Waals surface area contributed by atoms with Crippen LogP contribution in [0.25, 0.3) is 0 Å². The zero-order chi connectivity index (χ0) is 20.7. The highest BCUT2D eigenvalue weighted by Crippen LogP contribution is 2.09. The summed E-state index contributed by atoms with van der Waals surface area (Å²) in [6, 6.07) is 8.89. The van der Waals surface area contributed by atoms with Crippen molar-refractivity contribution in [1.82, 2.24) is 0 Å². The minimum Gasteiger partial charge on any atom is -0.379 e. The minimum absolute atomic E-state index is 0.302. The molecule has 0 N–H and O–H groups in total. The van der Waals surface area contributed by atoms with Gasteiger partial charge in [-0.05, 0) is 38.8 Å². The van der Waals surface area contributed by atoms with Gasteiger partial charge in [-0.3, -0.25) is 0 Å². The van der Waals surface area contributed by atoms with E-state index in [2.05, 4.69) is 69.6 Å². The Bertz CT molecular complexity index is 561. The zero-order valence-electron chi connectivity index (χ0n) is 19.0. The Balaban J connectivity index is 1.94. The quantitative estimate of drug-likeness (QED) is 0.211. The van der Waals surface area contributed by atoms with E-state index >= 15 is 0 Å². The van der Waals surface area contributed by atoms with E-state index in [1.807, 2.05) is 0 Å². The Morgan fingerprint density at radius 3 is 2.00 bits per heavy atom. The van der Waals surface area contributed by atoms with Crippen LogP contribution in [0.3, 0.4) is 0 Å². The molecule has 0 bridgehead atoms. The smallest absolute Gasteiger partial charge is 0.0775 e. The van der Waals surface area contributed by atoms with Crippen LogP contribution in [0.4, 0.5) is 0 Å². The van der Waals surface area contributed by atoms with Crippen molar-refractivity contribution < 1.29 is 9.47 Å². The van der Waals surface area contributed by atoms with Crippen LogP contribution >= 0.6 is 0 Å². The summed E-state index contributed by atoms with van der Waals surface area (Å²) in [5.41, 5.74) is 1.15. The highest BCUT2D eigenvalue weighted by Gasteiger charge is 2.15. The Kier molecular flexibility index (Phi) is 13.2. The second-order valence-electron chi connectivity index (χ2n) is 8.89. The number of rotatable bonds is 14. The third kappa shape index (κ3) is 13.2. The summed E-state index contributed by atoms with van der Waals surface area (Å²) in [7, 11) is -1.19. The van der Waals surface area contributed by atoms with Crippen molar-refractivity contribution in [3.05, 3.63) is 29.8 Å². The molecule has 0 radical (unpaired) electrons. The Labute approximate surface area is 175 Å². The SMILES string of the molecule is CC(C)OCCOCCCCCCCCCC#Cc1ccc([Si](C)(C)C)cc1. The first-order valence-corrected chi connectivity index (χ1v) is 14.7. The Hall–Kier alpha value is -1.08. The molecule has 0 saturated carbocycles. The van der Waals surface area contributed by atoms with Gasteiger partial charge in [-0.2, -0.15) is 0 Å². The second-order valence-corrected chi connectivity index (χ2v) is 14.0. The van der Waals surface area contributed by atoms with E-state index < -0.39 is 8.07 Å². The summed E-state index contributed by atoms with van der Waals surface area (Å²) in [4.78, 5) is 0. The Morgan fingerprint density at radius 2 is 1.39 bits per heavy atom. The summed E-state index contributed by atoms with van der Waals surface area (Å²) in [5, 5.41) is 1.50. The lowest BCUT2D eigenvalue weighted by atomic mass is 10.1. The first kappa shape index (κ1) is 25.0. The predicted molar refractivity (Wildman–Crippen MR) is 125 cm³/mol. The van der Waals surface area contributed by atoms with Gasteiger partial charge in [-0.15, -0.1) is 0 Å². The fourth-order valence-corrected chi connectivity index (χ4v) is 4.13. The zero-order valence-corrected chi connectivity index (χ0v) is 20.0. The molecule has 0 atom stereocenters. The van der Waals surface area contributed by atoms with Crippen LogP contribution in [0.15, 0.2) is 24.3 Å². The molecule has 0 amide bonds. The van der Waals surface area contributed by atoms with Crippen LogP contribution < -0.4 is 5.19 Å². The van der Waals surface area contributed by atoms with Crippen LogP contribution in [-0.4, -0.2) is 34.0 Å². The van der Waals surface area contributed by atoms with Gasteiger partial charge in [0.1, 0.15) is 0 Å². The summed E-state index contributed by atoms with van der Waals surface area (Å²) in [6.07, 6.45) is 10.3. The number of ether oxygens (including phenoxy) is 2. The molecule has 1 rings (SSSR count). The molecule has 1 aromatic carbocycles. The molecular weight excluding hydrogens is 360 g/mol. The molecule has 0 aromatic heterocycles. The van der Waals surface area contributed by atoms with E-state index in [1.54, 1.807) is 0 Å². The fraction of sp³-hybridized carbons (Fsp3) is 0.680. The second kappa shape index (κ2) is 14.9. The average Bonchev–Trinajstić information content (AvgIpc) is 2.64. The lowest BCUT2D eigenvalue weighted by Gasteiger charge is -2.15. The summed E-state index contributed by atoms with van der Waals surface area (Å²) in [5.74, 6) is 6.65. The molecule has 158 valence electrons. The van der Waals surface area contributed by atoms with Gasteiger partial charge in [0.15, 0.2) is 0 Å². The molecule has 3 heteroatoms. The van der Waals surface area contributed by atoms with Crippen molar-refractivity contribution in [3.8, 4) is 11.8 Å². The van der Waals surface area contributed by atoms with E-state index in [0.717, 1.165) is 25.2 Å². The summed E-state index contributed by atoms with van der Waals surface area (Å²) >= 11 is 0. The van der Waals surface area contributed by atoms with Crippen molar-refractivity contribution in [2.24, 2.45) is 0 Å². The maximum atomic E-state index is 5.58. The van der Waals surface area contributed by atoms with Crippen LogP contribution in [0.5, 0.6) is 0 Å². The van der Waals surface area contributed by atoms with Crippen molar-refractivity contribution >= 4 is 13.3 Å². The third-order valence-corrected chi connectivity index (χ3v) is 6.82. The maximum absolute atomic E-state index is 5.58. The molecule has 0 fully saturated rings. The normalized spacial score (nSPS) is 11.5. The molecule has 0 aliphatic heterocycles. The molecule has 0 heterocycles. The topological polar surface area (TPSA) is 18.5 Å². The van der Waals surface area contributed by atoms with Crippen LogP contribution in [-0.2, 0) is 9.47 Å². The van der Waals surface area contributed by atoms with Gasteiger partial charge in [0.05, 0.1) is 27.4 Å². The van der Waals surface area contributed by atoms with Crippen molar-refractivity contribution in [1.29, 1.82) is 0 Å². The third-order valence-electron chi connectivity index (χ3n) is 4.75. The van der Waals surface area contributed by atoms with Gasteiger partial charge in [0.25, 0.3) is 0 Å². The predicted octanol–water partition coefficient (Wildman–Crippen LogP) is 6.15. The van der Waals surface area contributed by atoms with E-state index in [4.69, 9.17) is 9.47 Å². The van der Waals surface area contributed by atoms with E-state index in [9.17, 15) is 0 Å². The molecular formula is C25H42O2Si. The van der Waals surface area contributed by atoms with Crippen molar-refractivity contribution in [2.75, 3.05) is 19.8 Å². The Morgan fingerprint density at radius 1 is 0.786 bits per heavy atom. The standard InChI is InChI=1S/C25H42O2Si/c1-23(2)27-22-21-26-20-14-12-10-8-6-7-9-11-13-15-24-16-18-25(19-17-24)28(3,4)5/h16-19,23H,6-12,14,20-22H2,1-5H3. The lowest BCUT2D eigenvalue weighted by molar-refractivity contribution is 0.0186. The van der Waals surface area contributed by atoms with Crippen LogP contribution in [0.2, 0.25) is 19.6 Å². The van der Waals surface area contributed by atoms with Gasteiger partial charge < -0.3 is 9.47 Å². The highest BCUT2D eigenvalue weighted by atomic mass is 28.3. The highest BCUT2D eigenvalue weighted by molar-refractivity contribution is 6.88. The summed E-state index contributed by atoms with van der Waals surface area (Å²) in [6.45, 7) is 13.6. The number of hydrogen-bond donors (Lipinski definition) is 0. The van der Waals surface area contributed by atoms with Crippen LogP contribution in [0.1, 0.15) is 70.8 Å². The van der Waals surface area contributed by atoms with Gasteiger partial charge in [-0.25, -0.2) is 0 Å². The summed E-state index contributed by atoms with van der Waals surface area (Å²) < 4.78 is 11.0. The number of benzene rings is 1. The van der Waals surface area contributed by atoms with Gasteiger partial charge in [-0.1, -0.05) is 80.9 Å². The van der Waals surface area contributed by atoms with Crippen molar-refractivity contribution in [3.63, 3.8) is 0 Å². The molecule has 1 aromatic rings. The maximum Gasteiger partial charge on any atom is 0.0775 e. The number of unbranched alkanes of at least 4 members (excludes halogenated alkanes) is 7. The largest absolute Gasteiger partial charge is 0.379 e. The lowest BCUT2D eigenvalue weighted by Crippen LogP contribution is -2.37. The molecule has 2 nitrogen and oxygen atoms in total. The van der Waals surface area contributed by atoms with E-state index in [1.165, 1.54) is 50.1 Å². The molecule has 0 spiro atoms. The molecule has 0 saturated heterocycles. The monoisotopic (exact) mass is 402 g/mol. The van der Waals surface area contributed by atoms with E-state index in [-0.39, 0.29) is 0 Å². The van der Waals surface area contributed by atoms with E-state index in [0.29, 0.717) is 12.7 Å². The van der Waals surface area contributed by atoms with Crippen molar-refractivity contribution in [2.45, 2.75) is 91.0 Å². The average molecular weight is 403 g/mol. The number of hydrogen-bond acceptors (Lipinski definition) is 2. The minimum atomic E-state index is -1.19. The first-order chi connectivity index (χ1) is 13.4. The fourth-order valence-electron chi connectivity index (χ4n) is 2.96. The van der Waals surface area contributed by atoms with Gasteiger partial charge in [0.2, 0.25) is 0 Å². The molecule has 0 aliphatic rings. The molecule has 0 unspecified atom stereocenters. The molecule has 0 aliphatic carbocycles.